The molecule has 0 fully saturated rings. The molecule has 0 aromatic heterocycles. The van der Waals surface area contributed by atoms with Gasteiger partial charge in [0.2, 0.25) is 0 Å². The summed E-state index contributed by atoms with van der Waals surface area (Å²) in [7, 11) is 0. The first-order valence-electron chi connectivity index (χ1n) is 5.10. The maximum absolute atomic E-state index is 11.0. The molecule has 1 rings (SSSR count). The molecule has 0 aromatic rings. The molecule has 2 amide bonds. The molecule has 15 heavy (non-hydrogen) atoms. The lowest BCUT2D eigenvalue weighted by atomic mass is 10.2. The van der Waals surface area contributed by atoms with E-state index in [4.69, 9.17) is 5.11 Å². The Morgan fingerprint density at radius 1 is 1.40 bits per heavy atom. The number of carboxylic acids is 1. The highest BCUT2D eigenvalue weighted by Gasteiger charge is 2.05. The van der Waals surface area contributed by atoms with Gasteiger partial charge in [0, 0.05) is 6.54 Å². The lowest BCUT2D eigenvalue weighted by Gasteiger charge is -2.06. The van der Waals surface area contributed by atoms with E-state index in [0.717, 1.165) is 19.3 Å². The van der Waals surface area contributed by atoms with Crippen LogP contribution in [-0.4, -0.2) is 30.2 Å². The molecule has 0 bridgehead atoms. The fourth-order valence-electron chi connectivity index (χ4n) is 1.52. The van der Waals surface area contributed by atoms with E-state index in [1.807, 2.05) is 0 Å². The predicted molar refractivity (Wildman–Crippen MR) is 55.6 cm³/mol. The molecular formula is C10H16N2O3. The van der Waals surface area contributed by atoms with E-state index in [9.17, 15) is 9.59 Å². The standard InChI is InChI=1S/C10H16N2O3/c13-9(14)7-12-10(15)11-6-5-8-3-1-2-4-8/h3H,1-2,4-7H2,(H,13,14)(H2,11,12,15). The van der Waals surface area contributed by atoms with Crippen molar-refractivity contribution >= 4 is 12.0 Å². The van der Waals surface area contributed by atoms with Gasteiger partial charge in [0.1, 0.15) is 6.54 Å². The normalized spacial score (nSPS) is 14.5. The summed E-state index contributed by atoms with van der Waals surface area (Å²) in [6.07, 6.45) is 6.54. The van der Waals surface area contributed by atoms with E-state index in [1.54, 1.807) is 0 Å². The first-order chi connectivity index (χ1) is 7.18. The molecule has 0 aliphatic heterocycles. The second kappa shape index (κ2) is 6.06. The van der Waals surface area contributed by atoms with Gasteiger partial charge in [0.05, 0.1) is 0 Å². The summed E-state index contributed by atoms with van der Waals surface area (Å²) in [5.41, 5.74) is 1.38. The number of carbonyl (C=O) groups is 2. The molecule has 1 aliphatic carbocycles. The van der Waals surface area contributed by atoms with Crippen LogP contribution in [0.4, 0.5) is 4.79 Å². The third-order valence-corrected chi connectivity index (χ3v) is 2.27. The zero-order valence-electron chi connectivity index (χ0n) is 8.58. The average Bonchev–Trinajstić information content (AvgIpc) is 2.67. The van der Waals surface area contributed by atoms with Crippen molar-refractivity contribution in [2.24, 2.45) is 0 Å². The minimum Gasteiger partial charge on any atom is -0.480 e. The van der Waals surface area contributed by atoms with E-state index in [0.29, 0.717) is 6.54 Å². The van der Waals surface area contributed by atoms with Crippen LogP contribution in [0.3, 0.4) is 0 Å². The highest BCUT2D eigenvalue weighted by atomic mass is 16.4. The third kappa shape index (κ3) is 5.05. The third-order valence-electron chi connectivity index (χ3n) is 2.27. The van der Waals surface area contributed by atoms with Crippen LogP contribution in [0.5, 0.6) is 0 Å². The first-order valence-corrected chi connectivity index (χ1v) is 5.10. The summed E-state index contributed by atoms with van der Waals surface area (Å²) in [5, 5.41) is 13.2. The van der Waals surface area contributed by atoms with Crippen LogP contribution in [0.2, 0.25) is 0 Å². The summed E-state index contributed by atoms with van der Waals surface area (Å²) in [6.45, 7) is 0.228. The number of hydrogen-bond donors (Lipinski definition) is 3. The Kier molecular flexibility index (Phi) is 4.66. The second-order valence-corrected chi connectivity index (χ2v) is 3.51. The monoisotopic (exact) mass is 212 g/mol. The predicted octanol–water partition coefficient (Wildman–Crippen LogP) is 0.871. The van der Waals surface area contributed by atoms with Crippen LogP contribution < -0.4 is 10.6 Å². The molecular weight excluding hydrogens is 196 g/mol. The van der Waals surface area contributed by atoms with Gasteiger partial charge in [-0.2, -0.15) is 0 Å². The minimum atomic E-state index is -1.04. The van der Waals surface area contributed by atoms with Crippen molar-refractivity contribution in [3.05, 3.63) is 11.6 Å². The van der Waals surface area contributed by atoms with Crippen LogP contribution in [0.25, 0.3) is 0 Å². The maximum Gasteiger partial charge on any atom is 0.323 e. The first kappa shape index (κ1) is 11.6. The number of amides is 2. The molecule has 3 N–H and O–H groups in total. The number of allylic oxidation sites excluding steroid dienone is 1. The Labute approximate surface area is 88.5 Å². The number of carboxylic acid groups (broad SMARTS) is 1. The molecule has 5 nitrogen and oxygen atoms in total. The summed E-state index contributed by atoms with van der Waals surface area (Å²) >= 11 is 0. The van der Waals surface area contributed by atoms with E-state index < -0.39 is 12.0 Å². The van der Waals surface area contributed by atoms with Crippen molar-refractivity contribution in [2.75, 3.05) is 13.1 Å². The molecule has 0 atom stereocenters. The number of nitrogens with one attached hydrogen (secondary N) is 2. The number of urea groups is 1. The fraction of sp³-hybridized carbons (Fsp3) is 0.600. The van der Waals surface area contributed by atoms with Crippen LogP contribution >= 0.6 is 0 Å². The van der Waals surface area contributed by atoms with Crippen molar-refractivity contribution in [2.45, 2.75) is 25.7 Å². The Bertz CT molecular complexity index is 274. The lowest BCUT2D eigenvalue weighted by Crippen LogP contribution is -2.38. The molecule has 1 aliphatic rings. The summed E-state index contributed by atoms with van der Waals surface area (Å²) < 4.78 is 0. The van der Waals surface area contributed by atoms with E-state index in [1.165, 1.54) is 12.0 Å². The maximum atomic E-state index is 11.0. The van der Waals surface area contributed by atoms with Gasteiger partial charge in [-0.3, -0.25) is 4.79 Å². The molecule has 0 saturated carbocycles. The van der Waals surface area contributed by atoms with Gasteiger partial charge >= 0.3 is 12.0 Å². The highest BCUT2D eigenvalue weighted by molar-refractivity contribution is 5.79. The molecule has 0 spiro atoms. The molecule has 0 aromatic carbocycles. The number of aliphatic carboxylic acids is 1. The average molecular weight is 212 g/mol. The summed E-state index contributed by atoms with van der Waals surface area (Å²) in [4.78, 5) is 21.2. The van der Waals surface area contributed by atoms with Gasteiger partial charge in [-0.15, -0.1) is 0 Å². The quantitative estimate of drug-likeness (QED) is 0.592. The van der Waals surface area contributed by atoms with E-state index in [-0.39, 0.29) is 6.54 Å². The molecule has 5 heteroatoms. The van der Waals surface area contributed by atoms with E-state index >= 15 is 0 Å². The van der Waals surface area contributed by atoms with Gasteiger partial charge in [0.25, 0.3) is 0 Å². The number of hydrogen-bond acceptors (Lipinski definition) is 2. The molecule has 0 unspecified atom stereocenters. The lowest BCUT2D eigenvalue weighted by molar-refractivity contribution is -0.135. The van der Waals surface area contributed by atoms with Gasteiger partial charge in [-0.1, -0.05) is 11.6 Å². The smallest absolute Gasteiger partial charge is 0.323 e. The Hall–Kier alpha value is -1.52. The van der Waals surface area contributed by atoms with Crippen LogP contribution in [0, 0.1) is 0 Å². The van der Waals surface area contributed by atoms with Crippen molar-refractivity contribution in [1.29, 1.82) is 0 Å². The Balaban J connectivity index is 2.03. The molecule has 0 heterocycles. The zero-order chi connectivity index (χ0) is 11.1. The van der Waals surface area contributed by atoms with Gasteiger partial charge in [-0.05, 0) is 25.7 Å². The molecule has 0 saturated heterocycles. The Morgan fingerprint density at radius 2 is 2.20 bits per heavy atom. The van der Waals surface area contributed by atoms with Gasteiger partial charge < -0.3 is 15.7 Å². The minimum absolute atomic E-state index is 0.339. The summed E-state index contributed by atoms with van der Waals surface area (Å²) in [6, 6.07) is -0.420. The van der Waals surface area contributed by atoms with Crippen LogP contribution in [-0.2, 0) is 4.79 Å². The zero-order valence-corrected chi connectivity index (χ0v) is 8.58. The second-order valence-electron chi connectivity index (χ2n) is 3.51. The SMILES string of the molecule is O=C(O)CNC(=O)NCCC1=CCCC1. The van der Waals surface area contributed by atoms with Crippen molar-refractivity contribution in [3.8, 4) is 0 Å². The van der Waals surface area contributed by atoms with Crippen LogP contribution in [0.1, 0.15) is 25.7 Å². The van der Waals surface area contributed by atoms with Crippen molar-refractivity contribution in [1.82, 2.24) is 10.6 Å². The van der Waals surface area contributed by atoms with E-state index in [2.05, 4.69) is 16.7 Å². The molecule has 84 valence electrons. The highest BCUT2D eigenvalue weighted by Crippen LogP contribution is 2.19. The topological polar surface area (TPSA) is 78.4 Å². The Morgan fingerprint density at radius 3 is 2.80 bits per heavy atom. The van der Waals surface area contributed by atoms with Crippen molar-refractivity contribution in [3.63, 3.8) is 0 Å². The van der Waals surface area contributed by atoms with Crippen molar-refractivity contribution < 1.29 is 14.7 Å². The summed E-state index contributed by atoms with van der Waals surface area (Å²) in [5.74, 6) is -1.04. The number of carbonyl (C=O) groups excluding carboxylic acids is 1. The van der Waals surface area contributed by atoms with Crippen LogP contribution in [0.15, 0.2) is 11.6 Å². The largest absolute Gasteiger partial charge is 0.480 e. The molecule has 0 radical (unpaired) electrons. The number of rotatable bonds is 5. The van der Waals surface area contributed by atoms with Gasteiger partial charge in [0.15, 0.2) is 0 Å². The van der Waals surface area contributed by atoms with Gasteiger partial charge in [-0.25, -0.2) is 4.79 Å². The fourth-order valence-corrected chi connectivity index (χ4v) is 1.52.